The molecule has 0 radical (unpaired) electrons. The Morgan fingerprint density at radius 1 is 1.30 bits per heavy atom. The lowest BCUT2D eigenvalue weighted by molar-refractivity contribution is -0.274. The SMILES string of the molecule is O=C1COCC2=C1Sc1cc(OC(F)(F)F)ccc1N2. The molecule has 2 heterocycles. The van der Waals surface area contributed by atoms with Crippen molar-refractivity contribution in [3.8, 4) is 5.75 Å². The normalized spacial score (nSPS) is 18.2. The van der Waals surface area contributed by atoms with Crippen molar-refractivity contribution in [2.45, 2.75) is 11.3 Å². The standard InChI is InChI=1S/C12H8F3NO3S/c13-12(14,15)19-6-1-2-7-10(3-6)20-11-8(16-7)4-18-5-9(11)17/h1-3,16H,4-5H2. The number of fused-ring (bicyclic) bond motifs is 1. The topological polar surface area (TPSA) is 47.6 Å². The van der Waals surface area contributed by atoms with Crippen LogP contribution in [-0.4, -0.2) is 25.4 Å². The summed E-state index contributed by atoms with van der Waals surface area (Å²) in [6.07, 6.45) is -4.74. The number of carbonyl (C=O) groups is 1. The van der Waals surface area contributed by atoms with Crippen molar-refractivity contribution < 1.29 is 27.4 Å². The zero-order valence-electron chi connectivity index (χ0n) is 9.91. The Labute approximate surface area is 115 Å². The molecule has 0 aliphatic carbocycles. The van der Waals surface area contributed by atoms with Gasteiger partial charge in [0, 0.05) is 4.90 Å². The lowest BCUT2D eigenvalue weighted by Crippen LogP contribution is -2.26. The molecule has 8 heteroatoms. The van der Waals surface area contributed by atoms with E-state index in [0.29, 0.717) is 21.2 Å². The van der Waals surface area contributed by atoms with Gasteiger partial charge in [-0.3, -0.25) is 4.79 Å². The number of nitrogens with one attached hydrogen (secondary N) is 1. The summed E-state index contributed by atoms with van der Waals surface area (Å²) >= 11 is 1.13. The Morgan fingerprint density at radius 2 is 2.10 bits per heavy atom. The quantitative estimate of drug-likeness (QED) is 0.864. The maximum absolute atomic E-state index is 12.2. The summed E-state index contributed by atoms with van der Waals surface area (Å²) in [5.41, 5.74) is 1.27. The molecule has 0 spiro atoms. The van der Waals surface area contributed by atoms with E-state index in [1.807, 2.05) is 0 Å². The Balaban J connectivity index is 1.89. The molecule has 1 aromatic carbocycles. The van der Waals surface area contributed by atoms with Gasteiger partial charge in [0.05, 0.1) is 22.9 Å². The van der Waals surface area contributed by atoms with Gasteiger partial charge in [0.25, 0.3) is 0 Å². The van der Waals surface area contributed by atoms with Gasteiger partial charge in [-0.15, -0.1) is 13.2 Å². The average molecular weight is 303 g/mol. The Bertz CT molecular complexity index is 612. The molecule has 3 rings (SSSR count). The highest BCUT2D eigenvalue weighted by atomic mass is 32.2. The minimum absolute atomic E-state index is 0.0123. The highest BCUT2D eigenvalue weighted by Gasteiger charge is 2.32. The van der Waals surface area contributed by atoms with Crippen molar-refractivity contribution in [1.29, 1.82) is 0 Å². The van der Waals surface area contributed by atoms with Crippen LogP contribution >= 0.6 is 11.8 Å². The number of rotatable bonds is 1. The lowest BCUT2D eigenvalue weighted by atomic mass is 10.2. The molecule has 0 saturated carbocycles. The second-order valence-corrected chi connectivity index (χ2v) is 5.21. The molecule has 0 saturated heterocycles. The molecule has 1 N–H and O–H groups in total. The van der Waals surface area contributed by atoms with Crippen LogP contribution in [0.1, 0.15) is 0 Å². The maximum atomic E-state index is 12.2. The van der Waals surface area contributed by atoms with Crippen molar-refractivity contribution in [3.05, 3.63) is 28.8 Å². The van der Waals surface area contributed by atoms with Gasteiger partial charge in [0.15, 0.2) is 5.78 Å². The van der Waals surface area contributed by atoms with E-state index in [-0.39, 0.29) is 24.7 Å². The van der Waals surface area contributed by atoms with E-state index >= 15 is 0 Å². The van der Waals surface area contributed by atoms with Crippen molar-refractivity contribution >= 4 is 23.2 Å². The monoisotopic (exact) mass is 303 g/mol. The number of carbonyl (C=O) groups excluding carboxylic acids is 1. The van der Waals surface area contributed by atoms with E-state index in [1.165, 1.54) is 18.2 Å². The molecule has 0 atom stereocenters. The van der Waals surface area contributed by atoms with Crippen LogP contribution in [-0.2, 0) is 9.53 Å². The van der Waals surface area contributed by atoms with Crippen LogP contribution in [0.15, 0.2) is 33.7 Å². The van der Waals surface area contributed by atoms with Crippen molar-refractivity contribution in [1.82, 2.24) is 0 Å². The molecule has 0 bridgehead atoms. The van der Waals surface area contributed by atoms with Gasteiger partial charge in [-0.25, -0.2) is 0 Å². The number of thioether (sulfide) groups is 1. The van der Waals surface area contributed by atoms with Crippen LogP contribution < -0.4 is 10.1 Å². The van der Waals surface area contributed by atoms with Gasteiger partial charge in [-0.2, -0.15) is 0 Å². The fourth-order valence-corrected chi connectivity index (χ4v) is 2.95. The number of ketones is 1. The Morgan fingerprint density at radius 3 is 2.85 bits per heavy atom. The molecule has 106 valence electrons. The molecule has 0 fully saturated rings. The second-order valence-electron chi connectivity index (χ2n) is 4.16. The van der Waals surface area contributed by atoms with Crippen molar-refractivity contribution in [2.75, 3.05) is 18.5 Å². The first-order valence-electron chi connectivity index (χ1n) is 5.61. The van der Waals surface area contributed by atoms with Gasteiger partial charge in [-0.1, -0.05) is 11.8 Å². The highest BCUT2D eigenvalue weighted by Crippen LogP contribution is 2.43. The molecule has 4 nitrogen and oxygen atoms in total. The number of hydrogen-bond acceptors (Lipinski definition) is 5. The van der Waals surface area contributed by atoms with Crippen LogP contribution in [0.2, 0.25) is 0 Å². The summed E-state index contributed by atoms with van der Waals surface area (Å²) < 4.78 is 45.5. The zero-order valence-corrected chi connectivity index (χ0v) is 10.7. The number of alkyl halides is 3. The third kappa shape index (κ3) is 2.61. The number of benzene rings is 1. The van der Waals surface area contributed by atoms with Crippen LogP contribution in [0.5, 0.6) is 5.75 Å². The van der Waals surface area contributed by atoms with Gasteiger partial charge >= 0.3 is 6.36 Å². The molecular weight excluding hydrogens is 295 g/mol. The molecule has 2 aliphatic heterocycles. The summed E-state index contributed by atoms with van der Waals surface area (Å²) in [4.78, 5) is 12.7. The average Bonchev–Trinajstić information content (AvgIpc) is 2.35. The largest absolute Gasteiger partial charge is 0.573 e. The molecule has 2 aliphatic rings. The first-order chi connectivity index (χ1) is 9.42. The number of anilines is 1. The molecule has 0 amide bonds. The van der Waals surface area contributed by atoms with Crippen LogP contribution in [0.3, 0.4) is 0 Å². The van der Waals surface area contributed by atoms with Gasteiger partial charge < -0.3 is 14.8 Å². The summed E-state index contributed by atoms with van der Waals surface area (Å²) in [5, 5.41) is 3.00. The van der Waals surface area contributed by atoms with Crippen LogP contribution in [0.25, 0.3) is 0 Å². The fourth-order valence-electron chi connectivity index (χ4n) is 1.92. The highest BCUT2D eigenvalue weighted by molar-refractivity contribution is 8.04. The van der Waals surface area contributed by atoms with Gasteiger partial charge in [0.2, 0.25) is 0 Å². The van der Waals surface area contributed by atoms with Crippen LogP contribution in [0.4, 0.5) is 18.9 Å². The minimum atomic E-state index is -4.74. The molecule has 0 aromatic heterocycles. The van der Waals surface area contributed by atoms with E-state index in [0.717, 1.165) is 11.8 Å². The third-order valence-corrected chi connectivity index (χ3v) is 3.93. The van der Waals surface area contributed by atoms with E-state index < -0.39 is 6.36 Å². The predicted molar refractivity (Wildman–Crippen MR) is 65.5 cm³/mol. The molecule has 20 heavy (non-hydrogen) atoms. The minimum Gasteiger partial charge on any atom is -0.406 e. The molecule has 0 unspecified atom stereocenters. The lowest BCUT2D eigenvalue weighted by Gasteiger charge is -2.26. The smallest absolute Gasteiger partial charge is 0.406 e. The first-order valence-corrected chi connectivity index (χ1v) is 6.43. The van der Waals surface area contributed by atoms with E-state index in [4.69, 9.17) is 4.74 Å². The predicted octanol–water partition coefficient (Wildman–Crippen LogP) is 2.91. The Hall–Kier alpha value is -1.67. The van der Waals surface area contributed by atoms with E-state index in [9.17, 15) is 18.0 Å². The fraction of sp³-hybridized carbons (Fsp3) is 0.250. The summed E-state index contributed by atoms with van der Waals surface area (Å²) in [5.74, 6) is -0.495. The number of ether oxygens (including phenoxy) is 2. The van der Waals surface area contributed by atoms with Gasteiger partial charge in [0.1, 0.15) is 12.4 Å². The summed E-state index contributed by atoms with van der Waals surface area (Å²) in [6, 6.07) is 3.95. The number of halogens is 3. The zero-order chi connectivity index (χ0) is 14.3. The van der Waals surface area contributed by atoms with E-state index in [2.05, 4.69) is 10.1 Å². The molecule has 1 aromatic rings. The number of hydrogen-bond donors (Lipinski definition) is 1. The maximum Gasteiger partial charge on any atom is 0.573 e. The summed E-state index contributed by atoms with van der Waals surface area (Å²) in [7, 11) is 0. The van der Waals surface area contributed by atoms with Crippen molar-refractivity contribution in [2.24, 2.45) is 0 Å². The molecular formula is C12H8F3NO3S. The second kappa shape index (κ2) is 4.71. The van der Waals surface area contributed by atoms with Gasteiger partial charge in [-0.05, 0) is 18.2 Å². The number of Topliss-reactive ketones (excluding diaryl/α,β-unsaturated/α-hetero) is 1. The Kier molecular flexibility index (Phi) is 3.14. The third-order valence-electron chi connectivity index (χ3n) is 2.69. The first kappa shape index (κ1) is 13.3. The summed E-state index contributed by atoms with van der Waals surface area (Å²) in [6.45, 7) is 0.274. The van der Waals surface area contributed by atoms with Crippen LogP contribution in [0, 0.1) is 0 Å². The van der Waals surface area contributed by atoms with Crippen molar-refractivity contribution in [3.63, 3.8) is 0 Å². The van der Waals surface area contributed by atoms with E-state index in [1.54, 1.807) is 0 Å².